The number of ketones is 1. The van der Waals surface area contributed by atoms with Crippen molar-refractivity contribution in [3.8, 4) is 17.1 Å². The lowest BCUT2D eigenvalue weighted by Crippen LogP contribution is -2.04. The average molecular weight is 527 g/mol. The van der Waals surface area contributed by atoms with E-state index in [1.165, 1.54) is 6.20 Å². The van der Waals surface area contributed by atoms with Gasteiger partial charge in [0, 0.05) is 33.4 Å². The van der Waals surface area contributed by atoms with Crippen molar-refractivity contribution in [2.24, 2.45) is 0 Å². The predicted molar refractivity (Wildman–Crippen MR) is 137 cm³/mol. The van der Waals surface area contributed by atoms with Gasteiger partial charge in [0.05, 0.1) is 30.4 Å². The van der Waals surface area contributed by atoms with Gasteiger partial charge in [0.15, 0.2) is 5.76 Å². The van der Waals surface area contributed by atoms with Gasteiger partial charge in [-0.2, -0.15) is 0 Å². The van der Waals surface area contributed by atoms with Crippen LogP contribution in [0.1, 0.15) is 28.7 Å². The number of hydrogen-bond acceptors (Lipinski definition) is 5. The number of fused-ring (bicyclic) bond motifs is 1. The molecule has 0 amide bonds. The lowest BCUT2D eigenvalue weighted by molar-refractivity contribution is 0.100. The molecule has 0 fully saturated rings. The van der Waals surface area contributed by atoms with Gasteiger partial charge in [0.25, 0.3) is 11.7 Å². The summed E-state index contributed by atoms with van der Waals surface area (Å²) in [6.07, 6.45) is 4.79. The molecule has 0 aliphatic carbocycles. The highest BCUT2D eigenvalue weighted by atomic mass is 35.5. The van der Waals surface area contributed by atoms with Crippen LogP contribution in [0.15, 0.2) is 71.5 Å². The number of carbonyl (C=O) groups is 1. The van der Waals surface area contributed by atoms with E-state index < -0.39 is 5.78 Å². The molecule has 0 atom stereocenters. The topological polar surface area (TPSA) is 70.2 Å². The third kappa shape index (κ3) is 4.52. The van der Waals surface area contributed by atoms with Crippen molar-refractivity contribution < 1.29 is 13.9 Å². The minimum Gasteiger partial charge on any atom is -0.494 e. The Hall–Kier alpha value is -3.32. The largest absolute Gasteiger partial charge is 0.494 e. The summed E-state index contributed by atoms with van der Waals surface area (Å²) in [7, 11) is 0. The SMILES string of the molecule is CCOc1ccc2c(c1)c(C(=O)c1ncc(-c3ccncc3)o1)c(Cl)n2Cc1ccc(Cl)cc1Cl. The maximum atomic E-state index is 13.6. The van der Waals surface area contributed by atoms with Crippen molar-refractivity contribution in [3.05, 3.63) is 99.3 Å². The fourth-order valence-electron chi connectivity index (χ4n) is 3.89. The highest BCUT2D eigenvalue weighted by Crippen LogP contribution is 2.36. The number of pyridine rings is 1. The zero-order valence-corrected chi connectivity index (χ0v) is 20.7. The summed E-state index contributed by atoms with van der Waals surface area (Å²) in [4.78, 5) is 21.8. The van der Waals surface area contributed by atoms with Crippen molar-refractivity contribution >= 4 is 51.5 Å². The number of aromatic nitrogens is 3. The van der Waals surface area contributed by atoms with Crippen molar-refractivity contribution in [3.63, 3.8) is 0 Å². The molecule has 5 aromatic rings. The summed E-state index contributed by atoms with van der Waals surface area (Å²) in [6.45, 7) is 2.71. The molecule has 3 aromatic heterocycles. The standard InChI is InChI=1S/C26H18Cl3N3O3/c1-2-34-18-5-6-21-19(12-18)23(25(29)32(21)14-16-3-4-17(27)11-20(16)28)24(33)26-31-13-22(35-26)15-7-9-30-10-8-15/h3-13H,2,14H2,1H3. The number of ether oxygens (including phenoxy) is 1. The van der Waals surface area contributed by atoms with Crippen molar-refractivity contribution in [1.29, 1.82) is 0 Å². The third-order valence-electron chi connectivity index (χ3n) is 5.52. The van der Waals surface area contributed by atoms with E-state index in [-0.39, 0.29) is 16.6 Å². The second-order valence-corrected chi connectivity index (χ2v) is 8.90. The molecule has 0 radical (unpaired) electrons. The van der Waals surface area contributed by atoms with Crippen LogP contribution in [0.2, 0.25) is 15.2 Å². The van der Waals surface area contributed by atoms with Gasteiger partial charge in [-0.1, -0.05) is 40.9 Å². The van der Waals surface area contributed by atoms with Gasteiger partial charge in [-0.15, -0.1) is 0 Å². The van der Waals surface area contributed by atoms with Crippen molar-refractivity contribution in [1.82, 2.24) is 14.5 Å². The molecule has 0 bridgehead atoms. The molecule has 0 saturated carbocycles. The molecule has 0 aliphatic rings. The second kappa shape index (κ2) is 9.74. The Morgan fingerprint density at radius 1 is 1.06 bits per heavy atom. The Labute approximate surface area is 216 Å². The summed E-state index contributed by atoms with van der Waals surface area (Å²) in [5, 5.41) is 1.91. The molecule has 0 aliphatic heterocycles. The van der Waals surface area contributed by atoms with Gasteiger partial charge in [0.2, 0.25) is 0 Å². The van der Waals surface area contributed by atoms with Crippen LogP contribution in [-0.2, 0) is 6.54 Å². The molecule has 0 saturated heterocycles. The van der Waals surface area contributed by atoms with Crippen LogP contribution >= 0.6 is 34.8 Å². The van der Waals surface area contributed by atoms with Crippen LogP contribution in [0, 0.1) is 0 Å². The molecule has 2 aromatic carbocycles. The Bertz CT molecular complexity index is 1540. The summed E-state index contributed by atoms with van der Waals surface area (Å²) in [6, 6.07) is 14.3. The van der Waals surface area contributed by atoms with Crippen LogP contribution in [-0.4, -0.2) is 26.9 Å². The van der Waals surface area contributed by atoms with Crippen LogP contribution in [0.5, 0.6) is 5.75 Å². The van der Waals surface area contributed by atoms with E-state index >= 15 is 0 Å². The second-order valence-electron chi connectivity index (χ2n) is 7.69. The number of benzene rings is 2. The fourth-order valence-corrected chi connectivity index (χ4v) is 4.69. The Morgan fingerprint density at radius 3 is 2.60 bits per heavy atom. The van der Waals surface area contributed by atoms with E-state index in [0.717, 1.165) is 16.6 Å². The smallest absolute Gasteiger partial charge is 0.268 e. The molecule has 6 nitrogen and oxygen atoms in total. The van der Waals surface area contributed by atoms with E-state index in [1.807, 2.05) is 29.7 Å². The van der Waals surface area contributed by atoms with E-state index in [4.69, 9.17) is 44.0 Å². The lowest BCUT2D eigenvalue weighted by atomic mass is 10.1. The maximum Gasteiger partial charge on any atom is 0.268 e. The average Bonchev–Trinajstić information content (AvgIpc) is 3.45. The molecule has 5 rings (SSSR count). The zero-order chi connectivity index (χ0) is 24.5. The quantitative estimate of drug-likeness (QED) is 0.208. The minimum atomic E-state index is -0.435. The van der Waals surface area contributed by atoms with Gasteiger partial charge in [-0.25, -0.2) is 4.98 Å². The number of oxazole rings is 1. The third-order valence-corrected chi connectivity index (χ3v) is 6.50. The summed E-state index contributed by atoms with van der Waals surface area (Å²) in [5.74, 6) is 0.579. The highest BCUT2D eigenvalue weighted by molar-refractivity contribution is 6.37. The predicted octanol–water partition coefficient (Wildman–Crippen LogP) is 7.33. The Balaban J connectivity index is 1.62. The molecular weight excluding hydrogens is 509 g/mol. The number of carbonyl (C=O) groups excluding carboxylic acids is 1. The number of nitrogens with zero attached hydrogens (tertiary/aromatic N) is 3. The van der Waals surface area contributed by atoms with Crippen LogP contribution in [0.4, 0.5) is 0 Å². The number of halogens is 3. The maximum absolute atomic E-state index is 13.6. The fraction of sp³-hybridized carbons (Fsp3) is 0.115. The Morgan fingerprint density at radius 2 is 1.86 bits per heavy atom. The number of rotatable bonds is 7. The Kier molecular flexibility index (Phi) is 6.52. The first-order valence-corrected chi connectivity index (χ1v) is 11.9. The monoisotopic (exact) mass is 525 g/mol. The molecule has 176 valence electrons. The van der Waals surface area contributed by atoms with E-state index in [1.54, 1.807) is 42.7 Å². The summed E-state index contributed by atoms with van der Waals surface area (Å²) < 4.78 is 13.3. The molecule has 0 unspecified atom stereocenters. The van der Waals surface area contributed by atoms with Crippen LogP contribution in [0.25, 0.3) is 22.2 Å². The van der Waals surface area contributed by atoms with Crippen molar-refractivity contribution in [2.45, 2.75) is 13.5 Å². The summed E-state index contributed by atoms with van der Waals surface area (Å²) >= 11 is 19.3. The van der Waals surface area contributed by atoms with Crippen LogP contribution < -0.4 is 4.74 Å². The summed E-state index contributed by atoms with van der Waals surface area (Å²) in [5.41, 5.74) is 2.58. The molecule has 0 spiro atoms. The normalized spacial score (nSPS) is 11.2. The van der Waals surface area contributed by atoms with Crippen LogP contribution in [0.3, 0.4) is 0 Å². The van der Waals surface area contributed by atoms with E-state index in [9.17, 15) is 4.79 Å². The molecule has 9 heteroatoms. The van der Waals surface area contributed by atoms with Gasteiger partial charge in [-0.3, -0.25) is 9.78 Å². The molecular formula is C26H18Cl3N3O3. The molecule has 3 heterocycles. The first-order chi connectivity index (χ1) is 17.0. The minimum absolute atomic E-state index is 0.0656. The molecule has 0 N–H and O–H groups in total. The van der Waals surface area contributed by atoms with Gasteiger partial charge < -0.3 is 13.7 Å². The van der Waals surface area contributed by atoms with Crippen molar-refractivity contribution in [2.75, 3.05) is 6.61 Å². The molecule has 35 heavy (non-hydrogen) atoms. The lowest BCUT2D eigenvalue weighted by Gasteiger charge is -2.10. The van der Waals surface area contributed by atoms with Gasteiger partial charge in [-0.05, 0) is 55.0 Å². The first kappa shape index (κ1) is 23.4. The van der Waals surface area contributed by atoms with E-state index in [2.05, 4.69) is 9.97 Å². The van der Waals surface area contributed by atoms with E-state index in [0.29, 0.717) is 40.1 Å². The highest BCUT2D eigenvalue weighted by Gasteiger charge is 2.27. The zero-order valence-electron chi connectivity index (χ0n) is 18.5. The van der Waals surface area contributed by atoms with Gasteiger partial charge >= 0.3 is 0 Å². The number of hydrogen-bond donors (Lipinski definition) is 0. The first-order valence-electron chi connectivity index (χ1n) is 10.8. The van der Waals surface area contributed by atoms with Gasteiger partial charge in [0.1, 0.15) is 10.9 Å².